The second kappa shape index (κ2) is 7.30. The van der Waals surface area contributed by atoms with E-state index >= 15 is 0 Å². The Morgan fingerprint density at radius 3 is 2.57 bits per heavy atom. The smallest absolute Gasteiger partial charge is 0.280 e. The minimum absolute atomic E-state index is 0.194. The minimum atomic E-state index is -3.94. The lowest BCUT2D eigenvalue weighted by Gasteiger charge is -2.06. The standard InChI is InChI=1S/C6H15NO5S2/c1-2-3-4-7-5-6-14(10,11)12-13(8)9/h7H,2-6H2,1H3,(H,8,9)/p-1. The van der Waals surface area contributed by atoms with E-state index < -0.39 is 21.5 Å². The number of nitrogens with one attached hydrogen (secondary N) is 1. The molecule has 0 saturated carbocycles. The van der Waals surface area contributed by atoms with Crippen LogP contribution in [0.5, 0.6) is 0 Å². The number of hydrogen-bond acceptors (Lipinski definition) is 6. The van der Waals surface area contributed by atoms with Gasteiger partial charge in [-0.25, -0.2) is 4.21 Å². The molecule has 0 heterocycles. The zero-order chi connectivity index (χ0) is 11.0. The molecule has 1 atom stereocenters. The van der Waals surface area contributed by atoms with Crippen LogP contribution >= 0.6 is 0 Å². The van der Waals surface area contributed by atoms with Gasteiger partial charge in [0.2, 0.25) is 0 Å². The monoisotopic (exact) mass is 244 g/mol. The van der Waals surface area contributed by atoms with Crippen LogP contribution in [0.25, 0.3) is 0 Å². The van der Waals surface area contributed by atoms with Crippen molar-refractivity contribution in [3.8, 4) is 0 Å². The molecule has 6 nitrogen and oxygen atoms in total. The van der Waals surface area contributed by atoms with E-state index in [0.717, 1.165) is 12.8 Å². The summed E-state index contributed by atoms with van der Waals surface area (Å²) in [7, 11) is -3.94. The van der Waals surface area contributed by atoms with Crippen molar-refractivity contribution in [2.24, 2.45) is 0 Å². The van der Waals surface area contributed by atoms with Crippen molar-refractivity contribution in [1.82, 2.24) is 5.32 Å². The highest BCUT2D eigenvalue weighted by molar-refractivity contribution is 7.95. The molecule has 8 heteroatoms. The third-order valence-electron chi connectivity index (χ3n) is 1.40. The molecule has 0 rings (SSSR count). The summed E-state index contributed by atoms with van der Waals surface area (Å²) in [5, 5.41) is 2.86. The average molecular weight is 244 g/mol. The Balaban J connectivity index is 3.61. The van der Waals surface area contributed by atoms with E-state index in [2.05, 4.69) is 8.95 Å². The van der Waals surface area contributed by atoms with Gasteiger partial charge in [-0.05, 0) is 13.0 Å². The molecule has 0 radical (unpaired) electrons. The average Bonchev–Trinajstić information content (AvgIpc) is 2.01. The zero-order valence-electron chi connectivity index (χ0n) is 7.89. The van der Waals surface area contributed by atoms with Crippen molar-refractivity contribution >= 4 is 21.5 Å². The van der Waals surface area contributed by atoms with E-state index in [1.807, 2.05) is 6.92 Å². The van der Waals surface area contributed by atoms with E-state index in [-0.39, 0.29) is 12.3 Å². The molecule has 1 unspecified atom stereocenters. The largest absolute Gasteiger partial charge is 0.749 e. The molecule has 0 aliphatic heterocycles. The van der Waals surface area contributed by atoms with Crippen LogP contribution in [0.3, 0.4) is 0 Å². The lowest BCUT2D eigenvalue weighted by Crippen LogP contribution is -2.25. The van der Waals surface area contributed by atoms with Crippen molar-refractivity contribution in [1.29, 1.82) is 0 Å². The summed E-state index contributed by atoms with van der Waals surface area (Å²) in [5.74, 6) is -0.343. The Bertz CT molecular complexity index is 263. The number of unbranched alkanes of at least 4 members (excludes halogenated alkanes) is 1. The summed E-state index contributed by atoms with van der Waals surface area (Å²) in [6.07, 6.45) is 1.97. The first-order valence-electron chi connectivity index (χ1n) is 4.20. The summed E-state index contributed by atoms with van der Waals surface area (Å²) in [6, 6.07) is 0. The van der Waals surface area contributed by atoms with Gasteiger partial charge in [-0.3, -0.25) is 0 Å². The lowest BCUT2D eigenvalue weighted by molar-refractivity contribution is 0.428. The molecule has 1 N–H and O–H groups in total. The molecule has 14 heavy (non-hydrogen) atoms. The maximum Gasteiger partial charge on any atom is 0.280 e. The van der Waals surface area contributed by atoms with Crippen molar-refractivity contribution in [3.05, 3.63) is 0 Å². The summed E-state index contributed by atoms with van der Waals surface area (Å²) >= 11 is -3.01. The van der Waals surface area contributed by atoms with Crippen molar-refractivity contribution in [3.63, 3.8) is 0 Å². The van der Waals surface area contributed by atoms with Gasteiger partial charge in [-0.1, -0.05) is 13.3 Å². The Hall–Kier alpha value is -0.0200. The fraction of sp³-hybridized carbons (Fsp3) is 1.00. The van der Waals surface area contributed by atoms with Crippen LogP contribution in [0.1, 0.15) is 19.8 Å². The van der Waals surface area contributed by atoms with Gasteiger partial charge >= 0.3 is 0 Å². The molecule has 0 aromatic heterocycles. The Labute approximate surface area is 86.6 Å². The molecule has 0 amide bonds. The van der Waals surface area contributed by atoms with Crippen LogP contribution in [-0.4, -0.2) is 36.0 Å². The van der Waals surface area contributed by atoms with Crippen LogP contribution in [0.15, 0.2) is 0 Å². The van der Waals surface area contributed by atoms with E-state index in [1.54, 1.807) is 0 Å². The van der Waals surface area contributed by atoms with Crippen LogP contribution in [0.2, 0.25) is 0 Å². The number of rotatable bonds is 8. The molecule has 0 fully saturated rings. The molecular formula is C6H14NO5S2-. The highest BCUT2D eigenvalue weighted by atomic mass is 32.3. The maximum atomic E-state index is 10.8. The third kappa shape index (κ3) is 8.57. The Morgan fingerprint density at radius 1 is 1.43 bits per heavy atom. The first kappa shape index (κ1) is 14.0. The highest BCUT2D eigenvalue weighted by Gasteiger charge is 2.10. The highest BCUT2D eigenvalue weighted by Crippen LogP contribution is 1.94. The van der Waals surface area contributed by atoms with Gasteiger partial charge in [-0.2, -0.15) is 12.0 Å². The summed E-state index contributed by atoms with van der Waals surface area (Å²) in [6.45, 7) is 2.92. The molecule has 0 saturated heterocycles. The molecule has 0 aliphatic carbocycles. The van der Waals surface area contributed by atoms with E-state index in [0.29, 0.717) is 6.54 Å². The van der Waals surface area contributed by atoms with Gasteiger partial charge in [0.05, 0.1) is 5.75 Å². The second-order valence-corrected chi connectivity index (χ2v) is 5.11. The molecular weight excluding hydrogens is 230 g/mol. The predicted octanol–water partition coefficient (Wildman–Crippen LogP) is -0.483. The van der Waals surface area contributed by atoms with Gasteiger partial charge in [0, 0.05) is 6.54 Å². The fourth-order valence-corrected chi connectivity index (χ4v) is 2.09. The first-order valence-corrected chi connectivity index (χ1v) is 6.78. The van der Waals surface area contributed by atoms with Crippen LogP contribution in [0, 0.1) is 0 Å². The third-order valence-corrected chi connectivity index (χ3v) is 3.37. The molecule has 0 aromatic rings. The normalized spacial score (nSPS) is 14.1. The van der Waals surface area contributed by atoms with Crippen molar-refractivity contribution in [2.75, 3.05) is 18.8 Å². The lowest BCUT2D eigenvalue weighted by atomic mass is 10.3. The first-order chi connectivity index (χ1) is 6.48. The minimum Gasteiger partial charge on any atom is -0.749 e. The SMILES string of the molecule is CCCCNCCS(=O)(=O)OS(=O)[O-]. The Kier molecular flexibility index (Phi) is 7.28. The van der Waals surface area contributed by atoms with Gasteiger partial charge in [0.15, 0.2) is 0 Å². The van der Waals surface area contributed by atoms with Crippen molar-refractivity contribution in [2.45, 2.75) is 19.8 Å². The quantitative estimate of drug-likeness (QED) is 0.457. The Morgan fingerprint density at radius 2 is 2.07 bits per heavy atom. The van der Waals surface area contributed by atoms with E-state index in [9.17, 15) is 17.2 Å². The van der Waals surface area contributed by atoms with Gasteiger partial charge in [-0.15, -0.1) is 0 Å². The zero-order valence-corrected chi connectivity index (χ0v) is 9.53. The molecule has 0 aromatic carbocycles. The predicted molar refractivity (Wildman–Crippen MR) is 51.6 cm³/mol. The molecule has 0 spiro atoms. The number of hydrogen-bond donors (Lipinski definition) is 1. The maximum absolute atomic E-state index is 10.8. The van der Waals surface area contributed by atoms with Crippen LogP contribution < -0.4 is 5.32 Å². The van der Waals surface area contributed by atoms with Gasteiger partial charge < -0.3 is 9.87 Å². The molecule has 0 bridgehead atoms. The summed E-state index contributed by atoms with van der Waals surface area (Å²) < 4.78 is 45.2. The second-order valence-electron chi connectivity index (χ2n) is 2.64. The van der Waals surface area contributed by atoms with Gasteiger partial charge in [0.1, 0.15) is 11.4 Å². The van der Waals surface area contributed by atoms with Crippen LogP contribution in [-0.2, 0) is 25.1 Å². The summed E-state index contributed by atoms with van der Waals surface area (Å²) in [5.41, 5.74) is 0. The molecule has 0 aliphatic rings. The molecule has 86 valence electrons. The van der Waals surface area contributed by atoms with Crippen LogP contribution in [0.4, 0.5) is 0 Å². The van der Waals surface area contributed by atoms with E-state index in [4.69, 9.17) is 0 Å². The van der Waals surface area contributed by atoms with E-state index in [1.165, 1.54) is 0 Å². The van der Waals surface area contributed by atoms with Gasteiger partial charge in [0.25, 0.3) is 10.1 Å². The van der Waals surface area contributed by atoms with Crippen molar-refractivity contribution < 1.29 is 20.8 Å². The summed E-state index contributed by atoms with van der Waals surface area (Å²) in [4.78, 5) is 0. The topological polar surface area (TPSA) is 95.5 Å². The fourth-order valence-electron chi connectivity index (χ4n) is 0.743.